The summed E-state index contributed by atoms with van der Waals surface area (Å²) in [6.45, 7) is 2.99. The molecule has 15 heavy (non-hydrogen) atoms. The second-order valence-electron chi connectivity index (χ2n) is 4.79. The first-order valence-corrected chi connectivity index (χ1v) is 5.69. The standard InChI is InChI=1S/C13H16O2/c1-8-6-11(8)13(14)10-2-3-12-9(7-10)4-5-15-12/h2-3,7-8,11,13-14H,4-6H2,1H3. The number of aliphatic hydroxyl groups is 1. The van der Waals surface area contributed by atoms with Gasteiger partial charge in [-0.15, -0.1) is 0 Å². The zero-order valence-electron chi connectivity index (χ0n) is 8.94. The minimum Gasteiger partial charge on any atom is -0.493 e. The zero-order chi connectivity index (χ0) is 10.4. The van der Waals surface area contributed by atoms with Crippen LogP contribution in [0, 0.1) is 11.8 Å². The van der Waals surface area contributed by atoms with Crippen LogP contribution in [0.15, 0.2) is 18.2 Å². The van der Waals surface area contributed by atoms with Gasteiger partial charge in [-0.1, -0.05) is 13.0 Å². The fraction of sp³-hybridized carbons (Fsp3) is 0.538. The average molecular weight is 204 g/mol. The SMILES string of the molecule is CC1CC1C(O)c1ccc2c(c1)CCO2. The van der Waals surface area contributed by atoms with E-state index in [4.69, 9.17) is 4.74 Å². The highest BCUT2D eigenvalue weighted by atomic mass is 16.5. The molecule has 1 heterocycles. The minimum absolute atomic E-state index is 0.272. The van der Waals surface area contributed by atoms with Crippen LogP contribution in [0.25, 0.3) is 0 Å². The van der Waals surface area contributed by atoms with E-state index in [1.54, 1.807) is 0 Å². The first-order chi connectivity index (χ1) is 7.25. The van der Waals surface area contributed by atoms with Crippen molar-refractivity contribution in [3.05, 3.63) is 29.3 Å². The molecule has 0 radical (unpaired) electrons. The minimum atomic E-state index is -0.272. The van der Waals surface area contributed by atoms with Crippen LogP contribution < -0.4 is 4.74 Å². The molecule has 1 aliphatic carbocycles. The van der Waals surface area contributed by atoms with E-state index in [-0.39, 0.29) is 6.10 Å². The third kappa shape index (κ3) is 1.53. The van der Waals surface area contributed by atoms with Crippen molar-refractivity contribution in [1.82, 2.24) is 0 Å². The predicted octanol–water partition coefficient (Wildman–Crippen LogP) is 2.31. The van der Waals surface area contributed by atoms with Crippen LogP contribution in [0.5, 0.6) is 5.75 Å². The summed E-state index contributed by atoms with van der Waals surface area (Å²) in [6, 6.07) is 6.10. The van der Waals surface area contributed by atoms with E-state index in [0.717, 1.165) is 30.8 Å². The highest BCUT2D eigenvalue weighted by Gasteiger charge is 2.39. The molecule has 2 heteroatoms. The van der Waals surface area contributed by atoms with Gasteiger partial charge in [-0.2, -0.15) is 0 Å². The monoisotopic (exact) mass is 204 g/mol. The van der Waals surface area contributed by atoms with E-state index < -0.39 is 0 Å². The van der Waals surface area contributed by atoms with Gasteiger partial charge in [-0.25, -0.2) is 0 Å². The molecule has 2 nitrogen and oxygen atoms in total. The van der Waals surface area contributed by atoms with Crippen LogP contribution in [0.2, 0.25) is 0 Å². The van der Waals surface area contributed by atoms with E-state index in [1.165, 1.54) is 5.56 Å². The van der Waals surface area contributed by atoms with Gasteiger partial charge >= 0.3 is 0 Å². The Kier molecular flexibility index (Phi) is 1.99. The highest BCUT2D eigenvalue weighted by Crippen LogP contribution is 2.47. The number of hydrogen-bond donors (Lipinski definition) is 1. The summed E-state index contributed by atoms with van der Waals surface area (Å²) >= 11 is 0. The largest absolute Gasteiger partial charge is 0.493 e. The van der Waals surface area contributed by atoms with Crippen molar-refractivity contribution in [2.75, 3.05) is 6.61 Å². The molecule has 1 saturated carbocycles. The van der Waals surface area contributed by atoms with Crippen LogP contribution in [0.4, 0.5) is 0 Å². The normalized spacial score (nSPS) is 29.5. The van der Waals surface area contributed by atoms with Crippen molar-refractivity contribution >= 4 is 0 Å². The number of aliphatic hydroxyl groups excluding tert-OH is 1. The number of rotatable bonds is 2. The van der Waals surface area contributed by atoms with Gasteiger partial charge in [-0.3, -0.25) is 0 Å². The van der Waals surface area contributed by atoms with Crippen LogP contribution >= 0.6 is 0 Å². The Morgan fingerprint density at radius 3 is 3.00 bits per heavy atom. The molecule has 3 atom stereocenters. The van der Waals surface area contributed by atoms with E-state index in [9.17, 15) is 5.11 Å². The molecule has 1 aromatic carbocycles. The first-order valence-electron chi connectivity index (χ1n) is 5.69. The summed E-state index contributed by atoms with van der Waals surface area (Å²) in [7, 11) is 0. The van der Waals surface area contributed by atoms with Crippen LogP contribution in [0.1, 0.15) is 30.6 Å². The van der Waals surface area contributed by atoms with Crippen molar-refractivity contribution in [2.45, 2.75) is 25.9 Å². The van der Waals surface area contributed by atoms with Crippen molar-refractivity contribution in [3.8, 4) is 5.75 Å². The molecule has 0 spiro atoms. The molecule has 3 rings (SSSR count). The molecule has 1 aromatic rings. The molecular weight excluding hydrogens is 188 g/mol. The van der Waals surface area contributed by atoms with Gasteiger partial charge in [0.05, 0.1) is 12.7 Å². The average Bonchev–Trinajstić information content (AvgIpc) is 2.80. The van der Waals surface area contributed by atoms with Crippen molar-refractivity contribution in [2.24, 2.45) is 11.8 Å². The number of fused-ring (bicyclic) bond motifs is 1. The summed E-state index contributed by atoms with van der Waals surface area (Å²) in [5, 5.41) is 10.1. The van der Waals surface area contributed by atoms with E-state index >= 15 is 0 Å². The summed E-state index contributed by atoms with van der Waals surface area (Å²) < 4.78 is 5.45. The molecule has 2 aliphatic rings. The second kappa shape index (κ2) is 3.24. The van der Waals surface area contributed by atoms with Gasteiger partial charge in [0.15, 0.2) is 0 Å². The van der Waals surface area contributed by atoms with Gasteiger partial charge in [0, 0.05) is 6.42 Å². The van der Waals surface area contributed by atoms with Gasteiger partial charge in [0.25, 0.3) is 0 Å². The first kappa shape index (κ1) is 9.22. The van der Waals surface area contributed by atoms with Crippen LogP contribution in [0.3, 0.4) is 0 Å². The molecule has 0 saturated heterocycles. The summed E-state index contributed by atoms with van der Waals surface area (Å²) in [4.78, 5) is 0. The highest BCUT2D eigenvalue weighted by molar-refractivity contribution is 5.40. The smallest absolute Gasteiger partial charge is 0.122 e. The lowest BCUT2D eigenvalue weighted by Crippen LogP contribution is -2.01. The van der Waals surface area contributed by atoms with Gasteiger partial charge in [-0.05, 0) is 41.5 Å². The van der Waals surface area contributed by atoms with Gasteiger partial charge < -0.3 is 9.84 Å². The molecule has 0 bridgehead atoms. The molecule has 1 aliphatic heterocycles. The maximum atomic E-state index is 10.1. The Balaban J connectivity index is 1.86. The Hall–Kier alpha value is -1.02. The van der Waals surface area contributed by atoms with Gasteiger partial charge in [0.1, 0.15) is 5.75 Å². The molecule has 0 aromatic heterocycles. The molecule has 1 N–H and O–H groups in total. The third-order valence-electron chi connectivity index (χ3n) is 3.63. The maximum absolute atomic E-state index is 10.1. The Bertz CT molecular complexity index is 386. The lowest BCUT2D eigenvalue weighted by atomic mass is 10.0. The number of ether oxygens (including phenoxy) is 1. The van der Waals surface area contributed by atoms with Gasteiger partial charge in [0.2, 0.25) is 0 Å². The van der Waals surface area contributed by atoms with Crippen molar-refractivity contribution in [1.29, 1.82) is 0 Å². The molecule has 0 amide bonds. The Morgan fingerprint density at radius 2 is 2.27 bits per heavy atom. The molecule has 80 valence electrons. The summed E-state index contributed by atoms with van der Waals surface area (Å²) in [6.07, 6.45) is 1.87. The second-order valence-corrected chi connectivity index (χ2v) is 4.79. The molecular formula is C13H16O2. The van der Waals surface area contributed by atoms with E-state index in [2.05, 4.69) is 13.0 Å². The van der Waals surface area contributed by atoms with Crippen molar-refractivity contribution in [3.63, 3.8) is 0 Å². The fourth-order valence-electron chi connectivity index (χ4n) is 2.43. The number of benzene rings is 1. The third-order valence-corrected chi connectivity index (χ3v) is 3.63. The number of hydrogen-bond acceptors (Lipinski definition) is 2. The van der Waals surface area contributed by atoms with E-state index in [0.29, 0.717) is 11.8 Å². The molecule has 3 unspecified atom stereocenters. The Morgan fingerprint density at radius 1 is 1.47 bits per heavy atom. The maximum Gasteiger partial charge on any atom is 0.122 e. The topological polar surface area (TPSA) is 29.5 Å². The quantitative estimate of drug-likeness (QED) is 0.801. The predicted molar refractivity (Wildman–Crippen MR) is 57.9 cm³/mol. The lowest BCUT2D eigenvalue weighted by molar-refractivity contribution is 0.148. The summed E-state index contributed by atoms with van der Waals surface area (Å²) in [5.74, 6) is 2.16. The summed E-state index contributed by atoms with van der Waals surface area (Å²) in [5.41, 5.74) is 2.31. The molecule has 1 fully saturated rings. The van der Waals surface area contributed by atoms with Crippen LogP contribution in [-0.4, -0.2) is 11.7 Å². The van der Waals surface area contributed by atoms with Crippen LogP contribution in [-0.2, 0) is 6.42 Å². The Labute approximate surface area is 89.9 Å². The van der Waals surface area contributed by atoms with E-state index in [1.807, 2.05) is 12.1 Å². The van der Waals surface area contributed by atoms with Crippen molar-refractivity contribution < 1.29 is 9.84 Å². The fourth-order valence-corrected chi connectivity index (χ4v) is 2.43. The lowest BCUT2D eigenvalue weighted by Gasteiger charge is -2.11. The zero-order valence-corrected chi connectivity index (χ0v) is 8.94.